The number of pyridine rings is 1. The Morgan fingerprint density at radius 2 is 1.84 bits per heavy atom. The van der Waals surface area contributed by atoms with Gasteiger partial charge in [-0.2, -0.15) is 0 Å². The average molecular weight is 273 g/mol. The van der Waals surface area contributed by atoms with Crippen LogP contribution in [0.4, 0.5) is 20.4 Å². The lowest BCUT2D eigenvalue weighted by molar-refractivity contribution is 0.0854. The van der Waals surface area contributed by atoms with E-state index < -0.39 is 11.6 Å². The number of hydrogen-bond acceptors (Lipinski definition) is 4. The van der Waals surface area contributed by atoms with Gasteiger partial charge in [0.15, 0.2) is 23.3 Å². The average Bonchev–Trinajstić information content (AvgIpc) is 2.37. The van der Waals surface area contributed by atoms with Crippen LogP contribution >= 0.6 is 0 Å². The van der Waals surface area contributed by atoms with Gasteiger partial charge in [-0.25, -0.2) is 13.8 Å². The summed E-state index contributed by atoms with van der Waals surface area (Å²) in [5, 5.41) is 5.64. The first kappa shape index (κ1) is 15.6. The second-order valence-electron chi connectivity index (χ2n) is 4.22. The van der Waals surface area contributed by atoms with Crippen molar-refractivity contribution in [3.8, 4) is 0 Å². The molecule has 0 fully saturated rings. The van der Waals surface area contributed by atoms with E-state index >= 15 is 0 Å². The predicted molar refractivity (Wildman–Crippen MR) is 72.5 cm³/mol. The highest BCUT2D eigenvalue weighted by Gasteiger charge is 2.12. The van der Waals surface area contributed by atoms with Crippen molar-refractivity contribution in [3.05, 3.63) is 17.7 Å². The van der Waals surface area contributed by atoms with Gasteiger partial charge in [-0.1, -0.05) is 6.92 Å². The van der Waals surface area contributed by atoms with Crippen LogP contribution in [0.1, 0.15) is 27.2 Å². The highest BCUT2D eigenvalue weighted by molar-refractivity contribution is 5.47. The molecule has 19 heavy (non-hydrogen) atoms. The molecule has 1 unspecified atom stereocenters. The molecular formula is C13H21F2N3O. The van der Waals surface area contributed by atoms with Crippen LogP contribution in [-0.4, -0.2) is 30.8 Å². The molecule has 108 valence electrons. The Morgan fingerprint density at radius 3 is 2.42 bits per heavy atom. The van der Waals surface area contributed by atoms with Crippen LogP contribution in [0.25, 0.3) is 0 Å². The molecular weight excluding hydrogens is 252 g/mol. The van der Waals surface area contributed by atoms with Gasteiger partial charge in [0.1, 0.15) is 0 Å². The molecule has 0 aliphatic rings. The molecule has 0 aromatic carbocycles. The second kappa shape index (κ2) is 7.89. The number of rotatable bonds is 8. The van der Waals surface area contributed by atoms with Crippen molar-refractivity contribution in [2.75, 3.05) is 30.3 Å². The van der Waals surface area contributed by atoms with Gasteiger partial charge in [0, 0.05) is 25.8 Å². The van der Waals surface area contributed by atoms with Gasteiger partial charge in [-0.05, 0) is 20.3 Å². The number of nitrogens with one attached hydrogen (secondary N) is 2. The number of halogens is 2. The fraction of sp³-hybridized carbons (Fsp3) is 0.615. The highest BCUT2D eigenvalue weighted by atomic mass is 19.1. The van der Waals surface area contributed by atoms with Crippen molar-refractivity contribution >= 4 is 11.6 Å². The van der Waals surface area contributed by atoms with Gasteiger partial charge < -0.3 is 15.4 Å². The van der Waals surface area contributed by atoms with Crippen molar-refractivity contribution in [2.45, 2.75) is 33.3 Å². The van der Waals surface area contributed by atoms with Crippen molar-refractivity contribution in [1.29, 1.82) is 0 Å². The van der Waals surface area contributed by atoms with E-state index in [0.717, 1.165) is 12.5 Å². The number of nitrogens with zero attached hydrogens (tertiary/aromatic N) is 1. The number of hydrogen-bond donors (Lipinski definition) is 2. The van der Waals surface area contributed by atoms with E-state index in [2.05, 4.69) is 15.6 Å². The van der Waals surface area contributed by atoms with Crippen LogP contribution in [0.5, 0.6) is 0 Å². The fourth-order valence-electron chi connectivity index (χ4n) is 1.54. The minimum absolute atomic E-state index is 0.0338. The summed E-state index contributed by atoms with van der Waals surface area (Å²) in [6.07, 6.45) is 0.770. The zero-order chi connectivity index (χ0) is 14.3. The van der Waals surface area contributed by atoms with Crippen LogP contribution in [0.3, 0.4) is 0 Å². The lowest BCUT2D eigenvalue weighted by atomic mass is 10.3. The molecule has 0 amide bonds. The Kier molecular flexibility index (Phi) is 6.49. The first-order valence-electron chi connectivity index (χ1n) is 6.53. The van der Waals surface area contributed by atoms with Crippen LogP contribution in [0, 0.1) is 11.6 Å². The predicted octanol–water partition coefficient (Wildman–Crippen LogP) is 3.02. The van der Waals surface area contributed by atoms with E-state index in [9.17, 15) is 8.78 Å². The molecule has 0 aliphatic heterocycles. The lowest BCUT2D eigenvalue weighted by Crippen LogP contribution is -2.21. The first-order chi connectivity index (χ1) is 9.08. The summed E-state index contributed by atoms with van der Waals surface area (Å²) in [5.41, 5.74) is 0. The summed E-state index contributed by atoms with van der Waals surface area (Å²) in [6.45, 7) is 7.30. The number of ether oxygens (including phenoxy) is 1. The minimum atomic E-state index is -0.705. The van der Waals surface area contributed by atoms with Gasteiger partial charge in [0.25, 0.3) is 0 Å². The van der Waals surface area contributed by atoms with E-state index in [0.29, 0.717) is 19.7 Å². The van der Waals surface area contributed by atoms with Crippen LogP contribution < -0.4 is 10.6 Å². The summed E-state index contributed by atoms with van der Waals surface area (Å²) >= 11 is 0. The molecule has 1 aromatic heterocycles. The summed E-state index contributed by atoms with van der Waals surface area (Å²) in [4.78, 5) is 3.91. The topological polar surface area (TPSA) is 46.2 Å². The summed E-state index contributed by atoms with van der Waals surface area (Å²) in [5.74, 6) is -1.29. The number of aromatic nitrogens is 1. The third-order valence-electron chi connectivity index (χ3n) is 2.48. The fourth-order valence-corrected chi connectivity index (χ4v) is 1.54. The standard InChI is InChI=1S/C13H21F2N3O/c1-4-6-16-12-10(14)7-11(15)13(18-12)17-8-9(3)19-5-2/h7,9H,4-6,8H2,1-3H3,(H2,16,17,18). The molecule has 2 N–H and O–H groups in total. The van der Waals surface area contributed by atoms with Crippen molar-refractivity contribution in [2.24, 2.45) is 0 Å². The van der Waals surface area contributed by atoms with Gasteiger partial charge >= 0.3 is 0 Å². The van der Waals surface area contributed by atoms with Crippen LogP contribution in [0.2, 0.25) is 0 Å². The molecule has 1 atom stereocenters. The Hall–Kier alpha value is -1.43. The molecule has 0 radical (unpaired) electrons. The molecule has 0 saturated heterocycles. The maximum absolute atomic E-state index is 13.6. The molecule has 0 bridgehead atoms. The maximum atomic E-state index is 13.6. The minimum Gasteiger partial charge on any atom is -0.377 e. The van der Waals surface area contributed by atoms with E-state index in [1.165, 1.54) is 0 Å². The van der Waals surface area contributed by atoms with E-state index in [1.807, 2.05) is 20.8 Å². The molecule has 0 aliphatic carbocycles. The lowest BCUT2D eigenvalue weighted by Gasteiger charge is -2.14. The van der Waals surface area contributed by atoms with Crippen molar-refractivity contribution in [1.82, 2.24) is 4.98 Å². The summed E-state index contributed by atoms with van der Waals surface area (Å²) in [6, 6.07) is 0.832. The molecule has 0 saturated carbocycles. The maximum Gasteiger partial charge on any atom is 0.168 e. The molecule has 4 nitrogen and oxygen atoms in total. The van der Waals surface area contributed by atoms with E-state index in [-0.39, 0.29) is 17.7 Å². The highest BCUT2D eigenvalue weighted by Crippen LogP contribution is 2.19. The van der Waals surface area contributed by atoms with Crippen molar-refractivity contribution in [3.63, 3.8) is 0 Å². The zero-order valence-electron chi connectivity index (χ0n) is 11.6. The van der Waals surface area contributed by atoms with Gasteiger partial charge in [-0.15, -0.1) is 0 Å². The first-order valence-corrected chi connectivity index (χ1v) is 6.53. The van der Waals surface area contributed by atoms with Gasteiger partial charge in [-0.3, -0.25) is 0 Å². The van der Waals surface area contributed by atoms with Gasteiger partial charge in [0.05, 0.1) is 6.10 Å². The zero-order valence-corrected chi connectivity index (χ0v) is 11.6. The Morgan fingerprint density at radius 1 is 1.21 bits per heavy atom. The third-order valence-corrected chi connectivity index (χ3v) is 2.48. The quantitative estimate of drug-likeness (QED) is 0.764. The monoisotopic (exact) mass is 273 g/mol. The Balaban J connectivity index is 2.71. The molecule has 1 rings (SSSR count). The third kappa shape index (κ3) is 4.98. The summed E-state index contributed by atoms with van der Waals surface area (Å²) in [7, 11) is 0. The normalized spacial score (nSPS) is 12.3. The van der Waals surface area contributed by atoms with Crippen LogP contribution in [0.15, 0.2) is 6.07 Å². The molecule has 1 aromatic rings. The summed E-state index contributed by atoms with van der Waals surface area (Å²) < 4.78 is 32.3. The van der Waals surface area contributed by atoms with Crippen LogP contribution in [-0.2, 0) is 4.74 Å². The molecule has 1 heterocycles. The van der Waals surface area contributed by atoms with E-state index in [4.69, 9.17) is 4.74 Å². The van der Waals surface area contributed by atoms with Crippen molar-refractivity contribution < 1.29 is 13.5 Å². The Labute approximate surface area is 112 Å². The Bertz CT molecular complexity index is 402. The molecule has 6 heteroatoms. The number of anilines is 2. The van der Waals surface area contributed by atoms with Gasteiger partial charge in [0.2, 0.25) is 0 Å². The van der Waals surface area contributed by atoms with E-state index in [1.54, 1.807) is 0 Å². The smallest absolute Gasteiger partial charge is 0.168 e. The largest absolute Gasteiger partial charge is 0.377 e. The SMILES string of the molecule is CCCNc1nc(NCC(C)OCC)c(F)cc1F. The molecule has 0 spiro atoms. The second-order valence-corrected chi connectivity index (χ2v) is 4.22.